The summed E-state index contributed by atoms with van der Waals surface area (Å²) < 4.78 is 0. The van der Waals surface area contributed by atoms with E-state index in [9.17, 15) is 0 Å². The van der Waals surface area contributed by atoms with Crippen LogP contribution in [0.3, 0.4) is 0 Å². The number of benzene rings is 8. The van der Waals surface area contributed by atoms with Crippen molar-refractivity contribution in [2.45, 2.75) is 19.3 Å². The van der Waals surface area contributed by atoms with Crippen LogP contribution in [-0.2, 0) is 5.41 Å². The maximum atomic E-state index is 5.06. The van der Waals surface area contributed by atoms with E-state index in [1.54, 1.807) is 0 Å². The van der Waals surface area contributed by atoms with E-state index in [-0.39, 0.29) is 5.41 Å². The van der Waals surface area contributed by atoms with Gasteiger partial charge < -0.3 is 0 Å². The van der Waals surface area contributed by atoms with Crippen molar-refractivity contribution in [2.24, 2.45) is 0 Å². The van der Waals surface area contributed by atoms with Crippen molar-refractivity contribution < 1.29 is 0 Å². The molecule has 3 heteroatoms. The molecule has 0 amide bonds. The molecule has 55 heavy (non-hydrogen) atoms. The van der Waals surface area contributed by atoms with Crippen LogP contribution >= 0.6 is 0 Å². The molecule has 0 saturated heterocycles. The molecule has 0 spiro atoms. The minimum atomic E-state index is -0.0947. The van der Waals surface area contributed by atoms with Crippen LogP contribution in [0.5, 0.6) is 0 Å². The highest BCUT2D eigenvalue weighted by atomic mass is 15.0. The predicted octanol–water partition coefficient (Wildman–Crippen LogP) is 13.3. The van der Waals surface area contributed by atoms with Crippen LogP contribution in [0.2, 0.25) is 0 Å². The van der Waals surface area contributed by atoms with E-state index in [0.29, 0.717) is 17.5 Å². The lowest BCUT2D eigenvalue weighted by Gasteiger charge is -2.22. The Bertz CT molecular complexity index is 2870. The first-order valence-corrected chi connectivity index (χ1v) is 18.9. The van der Waals surface area contributed by atoms with Gasteiger partial charge in [-0.15, -0.1) is 0 Å². The van der Waals surface area contributed by atoms with E-state index in [1.165, 1.54) is 49.7 Å². The summed E-state index contributed by atoms with van der Waals surface area (Å²) in [6.07, 6.45) is 0. The largest absolute Gasteiger partial charge is 0.208 e. The first-order chi connectivity index (χ1) is 27.0. The summed E-state index contributed by atoms with van der Waals surface area (Å²) in [6.45, 7) is 4.71. The minimum absolute atomic E-state index is 0.0947. The van der Waals surface area contributed by atoms with E-state index in [1.807, 2.05) is 36.4 Å². The smallest absolute Gasteiger partial charge is 0.164 e. The van der Waals surface area contributed by atoms with Gasteiger partial charge in [0.05, 0.1) is 0 Å². The van der Waals surface area contributed by atoms with Gasteiger partial charge in [-0.25, -0.2) is 15.0 Å². The molecule has 1 heterocycles. The van der Waals surface area contributed by atoms with Crippen molar-refractivity contribution in [3.05, 3.63) is 199 Å². The van der Waals surface area contributed by atoms with E-state index >= 15 is 0 Å². The van der Waals surface area contributed by atoms with Gasteiger partial charge in [0.2, 0.25) is 0 Å². The molecule has 0 fully saturated rings. The van der Waals surface area contributed by atoms with Crippen LogP contribution in [0.15, 0.2) is 188 Å². The quantitative estimate of drug-likeness (QED) is 0.173. The fourth-order valence-corrected chi connectivity index (χ4v) is 8.20. The summed E-state index contributed by atoms with van der Waals surface area (Å²) in [4.78, 5) is 15.1. The Morgan fingerprint density at radius 1 is 0.327 bits per heavy atom. The SMILES string of the molecule is CC1(C)c2cc(-c3cccc(-c4cccc(-c5nc(-c6ccccc6)nc(-c6ccc(-c7ccccc7)cc6)n5)c4)c3)ccc2-c2c1ccc1ccccc21. The molecule has 0 atom stereocenters. The summed E-state index contributed by atoms with van der Waals surface area (Å²) in [7, 11) is 0. The molecule has 0 radical (unpaired) electrons. The molecule has 0 bridgehead atoms. The summed E-state index contributed by atoms with van der Waals surface area (Å²) in [6, 6.07) is 66.8. The Morgan fingerprint density at radius 2 is 0.782 bits per heavy atom. The number of hydrogen-bond donors (Lipinski definition) is 0. The molecule has 3 nitrogen and oxygen atoms in total. The molecule has 0 unspecified atom stereocenters. The fourth-order valence-electron chi connectivity index (χ4n) is 8.20. The third-order valence-electron chi connectivity index (χ3n) is 11.1. The molecule has 9 aromatic rings. The summed E-state index contributed by atoms with van der Waals surface area (Å²) in [5.41, 5.74) is 15.2. The van der Waals surface area contributed by atoms with Crippen LogP contribution in [0.1, 0.15) is 25.0 Å². The van der Waals surface area contributed by atoms with Crippen molar-refractivity contribution in [1.29, 1.82) is 0 Å². The molecule has 0 saturated carbocycles. The number of fused-ring (bicyclic) bond motifs is 5. The zero-order valence-electron chi connectivity index (χ0n) is 30.7. The van der Waals surface area contributed by atoms with E-state index in [0.717, 1.165) is 33.4 Å². The fraction of sp³-hybridized carbons (Fsp3) is 0.0577. The molecule has 1 aliphatic carbocycles. The molecule has 1 aromatic heterocycles. The zero-order valence-corrected chi connectivity index (χ0v) is 30.7. The van der Waals surface area contributed by atoms with Crippen molar-refractivity contribution in [2.75, 3.05) is 0 Å². The van der Waals surface area contributed by atoms with Crippen LogP contribution < -0.4 is 0 Å². The highest BCUT2D eigenvalue weighted by Crippen LogP contribution is 2.52. The second-order valence-corrected chi connectivity index (χ2v) is 14.9. The summed E-state index contributed by atoms with van der Waals surface area (Å²) in [5, 5.41) is 2.61. The number of hydrogen-bond acceptors (Lipinski definition) is 3. The van der Waals surface area contributed by atoms with E-state index < -0.39 is 0 Å². The highest BCUT2D eigenvalue weighted by molar-refractivity contribution is 6.02. The summed E-state index contributed by atoms with van der Waals surface area (Å²) >= 11 is 0. The van der Waals surface area contributed by atoms with Crippen molar-refractivity contribution >= 4 is 10.8 Å². The number of rotatable bonds is 6. The second kappa shape index (κ2) is 13.2. The van der Waals surface area contributed by atoms with Crippen LogP contribution in [0.4, 0.5) is 0 Å². The predicted molar refractivity (Wildman–Crippen MR) is 228 cm³/mol. The normalized spacial score (nSPS) is 12.7. The Balaban J connectivity index is 1.02. The topological polar surface area (TPSA) is 38.7 Å². The lowest BCUT2D eigenvalue weighted by molar-refractivity contribution is 0.661. The van der Waals surface area contributed by atoms with Crippen molar-refractivity contribution in [3.8, 4) is 78.7 Å². The minimum Gasteiger partial charge on any atom is -0.208 e. The third-order valence-corrected chi connectivity index (χ3v) is 11.1. The maximum absolute atomic E-state index is 5.06. The first kappa shape index (κ1) is 32.7. The lowest BCUT2D eigenvalue weighted by Crippen LogP contribution is -2.15. The maximum Gasteiger partial charge on any atom is 0.164 e. The lowest BCUT2D eigenvalue weighted by atomic mass is 9.81. The van der Waals surface area contributed by atoms with Gasteiger partial charge in [-0.2, -0.15) is 0 Å². The molecule has 260 valence electrons. The Kier molecular flexibility index (Phi) is 7.81. The van der Waals surface area contributed by atoms with Gasteiger partial charge in [-0.1, -0.05) is 184 Å². The van der Waals surface area contributed by atoms with Crippen molar-refractivity contribution in [1.82, 2.24) is 15.0 Å². The molecular weight excluding hydrogens is 667 g/mol. The number of aromatic nitrogens is 3. The Labute approximate surface area is 321 Å². The van der Waals surface area contributed by atoms with Gasteiger partial charge in [-0.05, 0) is 84.6 Å². The molecule has 0 aliphatic heterocycles. The van der Waals surface area contributed by atoms with Gasteiger partial charge in [0.25, 0.3) is 0 Å². The molecule has 1 aliphatic rings. The van der Waals surface area contributed by atoms with Gasteiger partial charge in [0.15, 0.2) is 17.5 Å². The average molecular weight is 704 g/mol. The zero-order chi connectivity index (χ0) is 36.9. The van der Waals surface area contributed by atoms with Crippen LogP contribution in [-0.4, -0.2) is 15.0 Å². The summed E-state index contributed by atoms with van der Waals surface area (Å²) in [5.74, 6) is 1.93. The number of nitrogens with zero attached hydrogens (tertiary/aromatic N) is 3. The standard InChI is InChI=1S/C52H37N3/c1-52(2)46-30-28-36-15-9-10-22-44(36)48(46)45-29-27-42(33-47(45)52)40-19-11-18-39(31-40)41-20-12-21-43(32-41)51-54-49(37-16-7-4-8-17-37)53-50(55-51)38-25-23-35(24-26-38)34-13-5-3-6-14-34/h3-33H,1-2H3. The highest BCUT2D eigenvalue weighted by Gasteiger charge is 2.36. The second-order valence-electron chi connectivity index (χ2n) is 14.9. The monoisotopic (exact) mass is 703 g/mol. The van der Waals surface area contributed by atoms with Crippen LogP contribution in [0, 0.1) is 0 Å². The Hall–Kier alpha value is -6.97. The molecular formula is C52H37N3. The van der Waals surface area contributed by atoms with Gasteiger partial charge in [-0.3, -0.25) is 0 Å². The van der Waals surface area contributed by atoms with Gasteiger partial charge >= 0.3 is 0 Å². The molecule has 0 N–H and O–H groups in total. The molecule has 10 rings (SSSR count). The van der Waals surface area contributed by atoms with Crippen molar-refractivity contribution in [3.63, 3.8) is 0 Å². The van der Waals surface area contributed by atoms with Crippen LogP contribution in [0.25, 0.3) is 89.4 Å². The first-order valence-electron chi connectivity index (χ1n) is 18.9. The van der Waals surface area contributed by atoms with Gasteiger partial charge in [0.1, 0.15) is 0 Å². The third kappa shape index (κ3) is 5.82. The van der Waals surface area contributed by atoms with E-state index in [4.69, 9.17) is 15.0 Å². The Morgan fingerprint density at radius 3 is 1.45 bits per heavy atom. The average Bonchev–Trinajstić information content (AvgIpc) is 3.49. The molecule has 8 aromatic carbocycles. The van der Waals surface area contributed by atoms with E-state index in [2.05, 4.69) is 166 Å². The van der Waals surface area contributed by atoms with Gasteiger partial charge in [0, 0.05) is 22.1 Å².